The van der Waals surface area contributed by atoms with Gasteiger partial charge in [0.05, 0.1) is 34.7 Å². The molecule has 3 saturated heterocycles. The number of hydrogen-bond acceptors (Lipinski definition) is 8. The number of aliphatic hydroxyl groups is 1. The van der Waals surface area contributed by atoms with Gasteiger partial charge in [0.25, 0.3) is 0 Å². The number of para-hydroxylation sites is 1. The summed E-state index contributed by atoms with van der Waals surface area (Å²) >= 11 is 1.58. The molecular weight excluding hydrogens is 530 g/mol. The number of amides is 2. The molecule has 3 unspecified atom stereocenters. The molecule has 214 valence electrons. The fourth-order valence-electron chi connectivity index (χ4n) is 6.95. The smallest absolute Gasteiger partial charge is 0.311 e. The van der Waals surface area contributed by atoms with Gasteiger partial charge in [-0.2, -0.15) is 0 Å². The van der Waals surface area contributed by atoms with Crippen molar-refractivity contribution in [1.82, 2.24) is 24.8 Å². The van der Waals surface area contributed by atoms with Gasteiger partial charge in [-0.15, -0.1) is 23.4 Å². The SMILES string of the molecule is C=CCOC(=O)[C@@H]1[C@H]2C(=O)N([C@@H](CO)C(C)C)C(C(=O)N(CC=C)Cn3nnc4ccccc43)C23S[C@@H]1CC3C. The molecule has 1 spiro atoms. The Morgan fingerprint density at radius 2 is 2.05 bits per heavy atom. The lowest BCUT2D eigenvalue weighted by Gasteiger charge is -2.42. The summed E-state index contributed by atoms with van der Waals surface area (Å²) in [6.45, 7) is 13.5. The lowest BCUT2D eigenvalue weighted by molar-refractivity contribution is -0.154. The molecule has 4 heterocycles. The molecule has 1 aromatic carbocycles. The van der Waals surface area contributed by atoms with Crippen molar-refractivity contribution in [2.75, 3.05) is 19.8 Å². The lowest BCUT2D eigenvalue weighted by Crippen LogP contribution is -2.60. The Labute approximate surface area is 238 Å². The van der Waals surface area contributed by atoms with Crippen LogP contribution in [0.3, 0.4) is 0 Å². The molecule has 0 saturated carbocycles. The molecule has 7 atom stereocenters. The van der Waals surface area contributed by atoms with Gasteiger partial charge in [-0.3, -0.25) is 14.4 Å². The molecule has 3 aliphatic rings. The van der Waals surface area contributed by atoms with Crippen LogP contribution in [0, 0.1) is 23.7 Å². The largest absolute Gasteiger partial charge is 0.461 e. The third-order valence-electron chi connectivity index (χ3n) is 8.73. The molecule has 2 bridgehead atoms. The van der Waals surface area contributed by atoms with Crippen molar-refractivity contribution in [2.45, 2.75) is 55.9 Å². The zero-order valence-electron chi connectivity index (χ0n) is 23.2. The lowest BCUT2D eigenvalue weighted by atomic mass is 9.66. The highest BCUT2D eigenvalue weighted by molar-refractivity contribution is 8.02. The van der Waals surface area contributed by atoms with E-state index < -0.39 is 34.6 Å². The average Bonchev–Trinajstić information content (AvgIpc) is 3.65. The highest BCUT2D eigenvalue weighted by atomic mass is 32.2. The van der Waals surface area contributed by atoms with E-state index in [0.717, 1.165) is 5.52 Å². The third kappa shape index (κ3) is 4.25. The number of esters is 1. The second kappa shape index (κ2) is 11.0. The number of nitrogens with zero attached hydrogens (tertiary/aromatic N) is 5. The maximum atomic E-state index is 14.7. The van der Waals surface area contributed by atoms with Crippen LogP contribution in [0.1, 0.15) is 27.2 Å². The van der Waals surface area contributed by atoms with Gasteiger partial charge in [-0.1, -0.05) is 56.8 Å². The first-order valence-corrected chi connectivity index (χ1v) is 14.6. The van der Waals surface area contributed by atoms with E-state index in [2.05, 4.69) is 30.4 Å². The average molecular weight is 568 g/mol. The van der Waals surface area contributed by atoms with Crippen LogP contribution >= 0.6 is 11.8 Å². The number of carbonyl (C=O) groups excluding carboxylic acids is 3. The molecule has 2 aromatic rings. The summed E-state index contributed by atoms with van der Waals surface area (Å²) in [7, 11) is 0. The molecule has 0 radical (unpaired) electrons. The fourth-order valence-corrected chi connectivity index (χ4v) is 9.34. The van der Waals surface area contributed by atoms with E-state index in [1.54, 1.807) is 32.3 Å². The minimum Gasteiger partial charge on any atom is -0.461 e. The molecule has 1 N–H and O–H groups in total. The second-order valence-electron chi connectivity index (χ2n) is 11.3. The van der Waals surface area contributed by atoms with Gasteiger partial charge in [0.2, 0.25) is 11.8 Å². The molecule has 5 rings (SSSR count). The summed E-state index contributed by atoms with van der Waals surface area (Å²) in [5, 5.41) is 18.8. The summed E-state index contributed by atoms with van der Waals surface area (Å²) in [5.41, 5.74) is 1.49. The molecule has 10 nitrogen and oxygen atoms in total. The topological polar surface area (TPSA) is 118 Å². The van der Waals surface area contributed by atoms with Gasteiger partial charge in [0.15, 0.2) is 0 Å². The first-order chi connectivity index (χ1) is 19.2. The molecule has 0 aliphatic carbocycles. The van der Waals surface area contributed by atoms with Crippen molar-refractivity contribution in [3.05, 3.63) is 49.6 Å². The van der Waals surface area contributed by atoms with Crippen molar-refractivity contribution in [3.8, 4) is 0 Å². The van der Waals surface area contributed by atoms with Crippen LogP contribution in [0.5, 0.6) is 0 Å². The number of hydrogen-bond donors (Lipinski definition) is 1. The normalized spacial score (nSPS) is 29.6. The van der Waals surface area contributed by atoms with Gasteiger partial charge >= 0.3 is 5.97 Å². The zero-order chi connectivity index (χ0) is 28.8. The number of thioether (sulfide) groups is 1. The second-order valence-corrected chi connectivity index (χ2v) is 12.8. The Bertz CT molecular complexity index is 1330. The van der Waals surface area contributed by atoms with Gasteiger partial charge in [0.1, 0.15) is 24.8 Å². The Kier molecular flexibility index (Phi) is 7.80. The predicted molar refractivity (Wildman–Crippen MR) is 152 cm³/mol. The van der Waals surface area contributed by atoms with Crippen LogP contribution in [0.25, 0.3) is 11.0 Å². The molecule has 3 fully saturated rings. The summed E-state index contributed by atoms with van der Waals surface area (Å²) in [4.78, 5) is 45.6. The number of aliphatic hydroxyl groups excluding tert-OH is 1. The van der Waals surface area contributed by atoms with Crippen LogP contribution in [-0.4, -0.2) is 89.5 Å². The molecule has 1 aromatic heterocycles. The number of carbonyl (C=O) groups is 3. The number of benzene rings is 1. The Hall–Kier alpha value is -3.18. The molecule has 40 heavy (non-hydrogen) atoms. The van der Waals surface area contributed by atoms with Crippen molar-refractivity contribution in [1.29, 1.82) is 0 Å². The minimum absolute atomic E-state index is 0.0110. The highest BCUT2D eigenvalue weighted by Gasteiger charge is 2.77. The van der Waals surface area contributed by atoms with Crippen molar-refractivity contribution in [3.63, 3.8) is 0 Å². The van der Waals surface area contributed by atoms with Gasteiger partial charge in [-0.05, 0) is 30.4 Å². The van der Waals surface area contributed by atoms with E-state index in [1.807, 2.05) is 38.1 Å². The number of likely N-dealkylation sites (tertiary alicyclic amines) is 1. The standard InChI is InChI=1S/C29H37N5O5S/c1-6-12-32(16-33-20-11-9-8-10-19(20)30-31-33)27(37)25-29-18(5)14-22(40-29)23(28(38)39-13-7-2)24(29)26(36)34(25)21(15-35)17(3)4/h6-11,17-18,21-25,35H,1-2,12-16H2,3-5H3/t18?,21-,22+,23-,24-,25?,29?/m0/s1. The molecule has 11 heteroatoms. The van der Waals surface area contributed by atoms with E-state index in [9.17, 15) is 19.5 Å². The predicted octanol–water partition coefficient (Wildman–Crippen LogP) is 2.49. The summed E-state index contributed by atoms with van der Waals surface area (Å²) in [6.07, 6.45) is 3.85. The van der Waals surface area contributed by atoms with Gasteiger partial charge < -0.3 is 19.6 Å². The summed E-state index contributed by atoms with van der Waals surface area (Å²) in [6, 6.07) is 6.05. The van der Waals surface area contributed by atoms with E-state index in [4.69, 9.17) is 4.74 Å². The maximum absolute atomic E-state index is 14.7. The van der Waals surface area contributed by atoms with E-state index in [1.165, 1.54) is 6.08 Å². The van der Waals surface area contributed by atoms with Crippen LogP contribution in [0.2, 0.25) is 0 Å². The molecular formula is C29H37N5O5S. The molecule has 3 aliphatic heterocycles. The highest BCUT2D eigenvalue weighted by Crippen LogP contribution is 2.69. The first-order valence-electron chi connectivity index (χ1n) is 13.8. The minimum atomic E-state index is -0.874. The number of fused-ring (bicyclic) bond motifs is 2. The van der Waals surface area contributed by atoms with E-state index >= 15 is 0 Å². The van der Waals surface area contributed by atoms with Crippen LogP contribution in [-0.2, 0) is 25.8 Å². The van der Waals surface area contributed by atoms with E-state index in [-0.39, 0.29) is 55.3 Å². The summed E-state index contributed by atoms with van der Waals surface area (Å²) < 4.78 is 6.29. The third-order valence-corrected chi connectivity index (χ3v) is 10.8. The van der Waals surface area contributed by atoms with Crippen LogP contribution < -0.4 is 0 Å². The Morgan fingerprint density at radius 3 is 2.73 bits per heavy atom. The van der Waals surface area contributed by atoms with Crippen molar-refractivity contribution >= 4 is 40.6 Å². The van der Waals surface area contributed by atoms with Gasteiger partial charge in [0, 0.05) is 11.8 Å². The van der Waals surface area contributed by atoms with Crippen LogP contribution in [0.15, 0.2) is 49.6 Å². The maximum Gasteiger partial charge on any atom is 0.311 e. The fraction of sp³-hybridized carbons (Fsp3) is 0.552. The number of ether oxygens (including phenoxy) is 1. The van der Waals surface area contributed by atoms with Gasteiger partial charge in [-0.25, -0.2) is 4.68 Å². The van der Waals surface area contributed by atoms with E-state index in [0.29, 0.717) is 11.9 Å². The van der Waals surface area contributed by atoms with Crippen molar-refractivity contribution < 1.29 is 24.2 Å². The van der Waals surface area contributed by atoms with Crippen LogP contribution in [0.4, 0.5) is 0 Å². The summed E-state index contributed by atoms with van der Waals surface area (Å²) in [5.74, 6) is -2.46. The molecule has 2 amide bonds. The Balaban J connectivity index is 1.58. The monoisotopic (exact) mass is 567 g/mol. The zero-order valence-corrected chi connectivity index (χ0v) is 24.0. The number of rotatable bonds is 11. The first kappa shape index (κ1) is 28.4. The Morgan fingerprint density at radius 1 is 1.30 bits per heavy atom. The number of aromatic nitrogens is 3. The van der Waals surface area contributed by atoms with Crippen molar-refractivity contribution in [2.24, 2.45) is 23.7 Å². The quantitative estimate of drug-likeness (QED) is 0.325.